The molecule has 0 radical (unpaired) electrons. The standard InChI is InChI=1S/C19H35N/c1-5-7-9-16(6-2)12-13-17-10-8-11-19(20)18(14-17)15(3)4/h10,14-16,19H,5-9,11-13,20H2,1-4H3. The van der Waals surface area contributed by atoms with Gasteiger partial charge in [-0.1, -0.05) is 76.7 Å². The monoisotopic (exact) mass is 277 g/mol. The van der Waals surface area contributed by atoms with Crippen LogP contribution in [-0.4, -0.2) is 6.04 Å². The Hall–Kier alpha value is -0.560. The summed E-state index contributed by atoms with van der Waals surface area (Å²) in [7, 11) is 0. The molecule has 0 fully saturated rings. The normalized spacial score (nSPS) is 21.4. The highest BCUT2D eigenvalue weighted by Gasteiger charge is 2.16. The van der Waals surface area contributed by atoms with Gasteiger partial charge in [0.05, 0.1) is 0 Å². The van der Waals surface area contributed by atoms with Crippen LogP contribution in [0.4, 0.5) is 0 Å². The maximum atomic E-state index is 6.29. The van der Waals surface area contributed by atoms with Crippen molar-refractivity contribution in [3.63, 3.8) is 0 Å². The molecule has 0 aromatic carbocycles. The number of allylic oxidation sites excluding steroid dienone is 3. The van der Waals surface area contributed by atoms with E-state index >= 15 is 0 Å². The Morgan fingerprint density at radius 3 is 2.60 bits per heavy atom. The van der Waals surface area contributed by atoms with Crippen molar-refractivity contribution in [2.24, 2.45) is 17.6 Å². The first-order chi connectivity index (χ1) is 9.58. The zero-order chi connectivity index (χ0) is 15.0. The molecule has 0 amide bonds. The van der Waals surface area contributed by atoms with Gasteiger partial charge in [-0.2, -0.15) is 0 Å². The van der Waals surface area contributed by atoms with E-state index in [0.29, 0.717) is 5.92 Å². The van der Waals surface area contributed by atoms with Crippen LogP contribution >= 0.6 is 0 Å². The maximum absolute atomic E-state index is 6.29. The van der Waals surface area contributed by atoms with Crippen LogP contribution in [0.25, 0.3) is 0 Å². The number of hydrogen-bond donors (Lipinski definition) is 1. The van der Waals surface area contributed by atoms with E-state index < -0.39 is 0 Å². The highest BCUT2D eigenvalue weighted by atomic mass is 14.6. The van der Waals surface area contributed by atoms with Crippen LogP contribution in [0, 0.1) is 11.8 Å². The number of rotatable bonds is 8. The topological polar surface area (TPSA) is 26.0 Å². The minimum atomic E-state index is 0.269. The molecule has 0 saturated carbocycles. The lowest BCUT2D eigenvalue weighted by Gasteiger charge is -2.18. The second-order valence-corrected chi connectivity index (χ2v) is 6.72. The van der Waals surface area contributed by atoms with E-state index in [4.69, 9.17) is 5.73 Å². The molecule has 1 nitrogen and oxygen atoms in total. The quantitative estimate of drug-likeness (QED) is 0.613. The fourth-order valence-corrected chi connectivity index (χ4v) is 3.18. The fraction of sp³-hybridized carbons (Fsp3) is 0.789. The summed E-state index contributed by atoms with van der Waals surface area (Å²) in [6.45, 7) is 9.17. The molecule has 1 aliphatic rings. The van der Waals surface area contributed by atoms with E-state index in [0.717, 1.165) is 18.8 Å². The number of hydrogen-bond acceptors (Lipinski definition) is 1. The first-order valence-corrected chi connectivity index (χ1v) is 8.74. The summed E-state index contributed by atoms with van der Waals surface area (Å²) in [4.78, 5) is 0. The predicted molar refractivity (Wildman–Crippen MR) is 90.8 cm³/mol. The van der Waals surface area contributed by atoms with Crippen molar-refractivity contribution in [3.8, 4) is 0 Å². The third kappa shape index (κ3) is 5.83. The minimum Gasteiger partial charge on any atom is -0.324 e. The lowest BCUT2D eigenvalue weighted by Crippen LogP contribution is -2.24. The summed E-state index contributed by atoms with van der Waals surface area (Å²) < 4.78 is 0. The summed E-state index contributed by atoms with van der Waals surface area (Å²) in [5.41, 5.74) is 9.28. The van der Waals surface area contributed by atoms with Gasteiger partial charge in [0, 0.05) is 6.04 Å². The molecule has 0 heterocycles. The Kier molecular flexibility index (Phi) is 8.21. The summed E-state index contributed by atoms with van der Waals surface area (Å²) in [5.74, 6) is 1.48. The largest absolute Gasteiger partial charge is 0.324 e. The lowest BCUT2D eigenvalue weighted by molar-refractivity contribution is 0.422. The third-order valence-electron chi connectivity index (χ3n) is 4.72. The van der Waals surface area contributed by atoms with Gasteiger partial charge in [0.25, 0.3) is 0 Å². The van der Waals surface area contributed by atoms with Crippen molar-refractivity contribution in [3.05, 3.63) is 23.3 Å². The van der Waals surface area contributed by atoms with Crippen LogP contribution in [0.2, 0.25) is 0 Å². The first-order valence-electron chi connectivity index (χ1n) is 8.74. The number of nitrogens with two attached hydrogens (primary N) is 1. The van der Waals surface area contributed by atoms with Gasteiger partial charge in [-0.3, -0.25) is 0 Å². The van der Waals surface area contributed by atoms with Gasteiger partial charge in [-0.25, -0.2) is 0 Å². The molecule has 0 aliphatic heterocycles. The smallest absolute Gasteiger partial charge is 0.0262 e. The van der Waals surface area contributed by atoms with E-state index in [1.807, 2.05) is 0 Å². The number of unbranched alkanes of at least 4 members (excludes halogenated alkanes) is 1. The molecule has 1 rings (SSSR count). The van der Waals surface area contributed by atoms with Crippen LogP contribution in [0.5, 0.6) is 0 Å². The van der Waals surface area contributed by atoms with Crippen molar-refractivity contribution >= 4 is 0 Å². The molecule has 2 unspecified atom stereocenters. The first kappa shape index (κ1) is 17.5. The zero-order valence-corrected chi connectivity index (χ0v) is 14.1. The average molecular weight is 277 g/mol. The fourth-order valence-electron chi connectivity index (χ4n) is 3.18. The molecule has 1 aliphatic carbocycles. The average Bonchev–Trinajstić information content (AvgIpc) is 2.61. The summed E-state index contributed by atoms with van der Waals surface area (Å²) in [5, 5.41) is 0. The summed E-state index contributed by atoms with van der Waals surface area (Å²) >= 11 is 0. The second kappa shape index (κ2) is 9.39. The molecule has 0 aromatic rings. The predicted octanol–water partition coefficient (Wildman–Crippen LogP) is 5.61. The van der Waals surface area contributed by atoms with Gasteiger partial charge in [-0.15, -0.1) is 0 Å². The van der Waals surface area contributed by atoms with E-state index in [1.54, 1.807) is 0 Å². The molecular weight excluding hydrogens is 242 g/mol. The maximum Gasteiger partial charge on any atom is 0.0262 e. The summed E-state index contributed by atoms with van der Waals surface area (Å²) in [6.07, 6.45) is 15.1. The third-order valence-corrected chi connectivity index (χ3v) is 4.72. The highest BCUT2D eigenvalue weighted by Crippen LogP contribution is 2.27. The minimum absolute atomic E-state index is 0.269. The van der Waals surface area contributed by atoms with E-state index in [2.05, 4.69) is 39.8 Å². The van der Waals surface area contributed by atoms with Gasteiger partial charge in [0.2, 0.25) is 0 Å². The van der Waals surface area contributed by atoms with Crippen molar-refractivity contribution in [2.75, 3.05) is 0 Å². The van der Waals surface area contributed by atoms with Crippen molar-refractivity contribution in [1.82, 2.24) is 0 Å². The van der Waals surface area contributed by atoms with Crippen LogP contribution in [0.1, 0.15) is 79.1 Å². The Morgan fingerprint density at radius 1 is 1.25 bits per heavy atom. The van der Waals surface area contributed by atoms with E-state index in [1.165, 1.54) is 49.7 Å². The van der Waals surface area contributed by atoms with Crippen LogP contribution in [-0.2, 0) is 0 Å². The van der Waals surface area contributed by atoms with Gasteiger partial charge < -0.3 is 5.73 Å². The Bertz CT molecular complexity index is 325. The SMILES string of the molecule is CCCCC(CC)CCC1=CCCC(N)C(C(C)C)=C1. The van der Waals surface area contributed by atoms with Crippen molar-refractivity contribution in [1.29, 1.82) is 0 Å². The Morgan fingerprint density at radius 2 is 2.00 bits per heavy atom. The molecule has 20 heavy (non-hydrogen) atoms. The van der Waals surface area contributed by atoms with E-state index in [-0.39, 0.29) is 6.04 Å². The van der Waals surface area contributed by atoms with Gasteiger partial charge >= 0.3 is 0 Å². The second-order valence-electron chi connectivity index (χ2n) is 6.72. The van der Waals surface area contributed by atoms with Crippen LogP contribution in [0.3, 0.4) is 0 Å². The highest BCUT2D eigenvalue weighted by molar-refractivity contribution is 5.29. The Balaban J connectivity index is 2.58. The van der Waals surface area contributed by atoms with Crippen LogP contribution in [0.15, 0.2) is 23.3 Å². The van der Waals surface area contributed by atoms with E-state index in [9.17, 15) is 0 Å². The lowest BCUT2D eigenvalue weighted by atomic mass is 9.90. The van der Waals surface area contributed by atoms with Crippen molar-refractivity contribution in [2.45, 2.75) is 85.1 Å². The van der Waals surface area contributed by atoms with Gasteiger partial charge in [0.1, 0.15) is 0 Å². The Labute approximate surface area is 126 Å². The van der Waals surface area contributed by atoms with Gasteiger partial charge in [0.15, 0.2) is 0 Å². The molecule has 0 aromatic heterocycles. The van der Waals surface area contributed by atoms with Gasteiger partial charge in [-0.05, 0) is 37.5 Å². The summed E-state index contributed by atoms with van der Waals surface area (Å²) in [6, 6.07) is 0.269. The molecule has 0 saturated heterocycles. The molecule has 0 spiro atoms. The molecule has 1 heteroatoms. The molecular formula is C19H35N. The molecule has 2 atom stereocenters. The zero-order valence-electron chi connectivity index (χ0n) is 14.1. The van der Waals surface area contributed by atoms with Crippen LogP contribution < -0.4 is 5.73 Å². The molecule has 116 valence electrons. The molecule has 0 bridgehead atoms. The van der Waals surface area contributed by atoms with Crippen molar-refractivity contribution < 1.29 is 0 Å². The molecule has 2 N–H and O–H groups in total.